The first kappa shape index (κ1) is 18.2. The highest BCUT2D eigenvalue weighted by Crippen LogP contribution is 2.25. The summed E-state index contributed by atoms with van der Waals surface area (Å²) in [6, 6.07) is 17.2. The molecule has 4 rings (SSSR count). The average molecular weight is 410 g/mol. The number of amides is 1. The zero-order valence-electron chi connectivity index (χ0n) is 14.4. The Bertz CT molecular complexity index is 1200. The van der Waals surface area contributed by atoms with Crippen LogP contribution in [0.4, 0.5) is 5.69 Å². The number of fused-ring (bicyclic) bond motifs is 1. The molecule has 0 aliphatic heterocycles. The SMILES string of the molecule is O=Cc1ccc(-c2nc3ccc(NC(=O)c4ccc(Cl)c(Cl)c4)cc3[nH]2)cc1. The zero-order valence-corrected chi connectivity index (χ0v) is 15.9. The van der Waals surface area contributed by atoms with Crippen LogP contribution in [0.3, 0.4) is 0 Å². The molecule has 0 fully saturated rings. The molecule has 5 nitrogen and oxygen atoms in total. The van der Waals surface area contributed by atoms with Gasteiger partial charge in [-0.1, -0.05) is 47.5 Å². The van der Waals surface area contributed by atoms with Gasteiger partial charge in [-0.05, 0) is 36.4 Å². The number of carbonyl (C=O) groups excluding carboxylic acids is 2. The molecule has 28 heavy (non-hydrogen) atoms. The van der Waals surface area contributed by atoms with Crippen molar-refractivity contribution in [1.82, 2.24) is 9.97 Å². The van der Waals surface area contributed by atoms with E-state index in [1.807, 2.05) is 18.2 Å². The van der Waals surface area contributed by atoms with Crippen LogP contribution in [-0.2, 0) is 0 Å². The molecule has 0 saturated heterocycles. The normalized spacial score (nSPS) is 10.8. The van der Waals surface area contributed by atoms with Gasteiger partial charge in [-0.3, -0.25) is 9.59 Å². The number of anilines is 1. The van der Waals surface area contributed by atoms with E-state index >= 15 is 0 Å². The molecule has 4 aromatic rings. The van der Waals surface area contributed by atoms with E-state index in [1.54, 1.807) is 36.4 Å². The Hall–Kier alpha value is -3.15. The molecule has 0 atom stereocenters. The third-order valence-electron chi connectivity index (χ3n) is 4.24. The summed E-state index contributed by atoms with van der Waals surface area (Å²) in [6.45, 7) is 0. The lowest BCUT2D eigenvalue weighted by Crippen LogP contribution is -2.11. The Kier molecular flexibility index (Phi) is 4.86. The molecule has 3 aromatic carbocycles. The fourth-order valence-corrected chi connectivity index (χ4v) is 3.08. The lowest BCUT2D eigenvalue weighted by atomic mass is 10.1. The van der Waals surface area contributed by atoms with Crippen LogP contribution in [0, 0.1) is 0 Å². The highest BCUT2D eigenvalue weighted by atomic mass is 35.5. The average Bonchev–Trinajstić information content (AvgIpc) is 3.13. The van der Waals surface area contributed by atoms with Gasteiger partial charge >= 0.3 is 0 Å². The third kappa shape index (κ3) is 3.63. The lowest BCUT2D eigenvalue weighted by molar-refractivity contribution is 0.102. The number of aldehydes is 1. The molecule has 0 saturated carbocycles. The summed E-state index contributed by atoms with van der Waals surface area (Å²) >= 11 is 11.9. The van der Waals surface area contributed by atoms with Gasteiger partial charge in [0.1, 0.15) is 12.1 Å². The van der Waals surface area contributed by atoms with E-state index in [0.717, 1.165) is 22.9 Å². The van der Waals surface area contributed by atoms with Gasteiger partial charge in [0, 0.05) is 22.4 Å². The standard InChI is InChI=1S/C21H13Cl2N3O2/c22-16-7-5-14(9-17(16)23)21(28)24-15-6-8-18-19(10-15)26-20(25-18)13-3-1-12(11-27)2-4-13/h1-11H,(H,24,28)(H,25,26). The van der Waals surface area contributed by atoms with Crippen molar-refractivity contribution in [1.29, 1.82) is 0 Å². The summed E-state index contributed by atoms with van der Waals surface area (Å²) in [4.78, 5) is 31.0. The van der Waals surface area contributed by atoms with Crippen molar-refractivity contribution in [2.75, 3.05) is 5.32 Å². The van der Waals surface area contributed by atoms with Crippen molar-refractivity contribution in [2.24, 2.45) is 0 Å². The van der Waals surface area contributed by atoms with Gasteiger partial charge in [0.05, 0.1) is 21.1 Å². The predicted octanol–water partition coefficient (Wildman–Crippen LogP) is 5.60. The number of imidazole rings is 1. The van der Waals surface area contributed by atoms with Crippen LogP contribution >= 0.6 is 23.2 Å². The van der Waals surface area contributed by atoms with Crippen LogP contribution in [0.25, 0.3) is 22.4 Å². The van der Waals surface area contributed by atoms with Crippen molar-refractivity contribution < 1.29 is 9.59 Å². The molecule has 0 aliphatic rings. The zero-order chi connectivity index (χ0) is 19.7. The summed E-state index contributed by atoms with van der Waals surface area (Å²) in [5, 5.41) is 3.55. The van der Waals surface area contributed by atoms with Crippen molar-refractivity contribution >= 4 is 52.1 Å². The number of rotatable bonds is 4. The summed E-state index contributed by atoms with van der Waals surface area (Å²) in [7, 11) is 0. The van der Waals surface area contributed by atoms with Crippen molar-refractivity contribution in [3.05, 3.63) is 81.8 Å². The Morgan fingerprint density at radius 2 is 1.75 bits per heavy atom. The molecule has 1 aromatic heterocycles. The summed E-state index contributed by atoms with van der Waals surface area (Å²) in [5.74, 6) is 0.391. The highest BCUT2D eigenvalue weighted by molar-refractivity contribution is 6.42. The van der Waals surface area contributed by atoms with E-state index < -0.39 is 0 Å². The van der Waals surface area contributed by atoms with Gasteiger partial charge in [-0.2, -0.15) is 0 Å². The fourth-order valence-electron chi connectivity index (χ4n) is 2.78. The molecule has 7 heteroatoms. The molecule has 1 heterocycles. The maximum atomic E-state index is 12.4. The largest absolute Gasteiger partial charge is 0.338 e. The van der Waals surface area contributed by atoms with E-state index in [1.165, 1.54) is 6.07 Å². The monoisotopic (exact) mass is 409 g/mol. The van der Waals surface area contributed by atoms with Gasteiger partial charge in [0.2, 0.25) is 0 Å². The van der Waals surface area contributed by atoms with Crippen LogP contribution in [-0.4, -0.2) is 22.2 Å². The molecule has 0 unspecified atom stereocenters. The molecule has 2 N–H and O–H groups in total. The van der Waals surface area contributed by atoms with E-state index in [4.69, 9.17) is 23.2 Å². The summed E-state index contributed by atoms with van der Waals surface area (Å²) in [5.41, 5.74) is 4.05. The first-order valence-corrected chi connectivity index (χ1v) is 9.11. The fraction of sp³-hybridized carbons (Fsp3) is 0. The van der Waals surface area contributed by atoms with Gasteiger partial charge in [-0.25, -0.2) is 4.98 Å². The maximum Gasteiger partial charge on any atom is 0.255 e. The third-order valence-corrected chi connectivity index (χ3v) is 4.98. The van der Waals surface area contributed by atoms with E-state index in [-0.39, 0.29) is 5.91 Å². The smallest absolute Gasteiger partial charge is 0.255 e. The number of nitrogens with one attached hydrogen (secondary N) is 2. The Labute approximate surface area is 170 Å². The number of H-pyrrole nitrogens is 1. The van der Waals surface area contributed by atoms with E-state index in [9.17, 15) is 9.59 Å². The van der Waals surface area contributed by atoms with Crippen LogP contribution < -0.4 is 5.32 Å². The van der Waals surface area contributed by atoms with Crippen molar-refractivity contribution in [2.45, 2.75) is 0 Å². The molecule has 0 bridgehead atoms. The molecule has 138 valence electrons. The highest BCUT2D eigenvalue weighted by Gasteiger charge is 2.11. The summed E-state index contributed by atoms with van der Waals surface area (Å²) < 4.78 is 0. The molecule has 1 amide bonds. The number of halogens is 2. The Balaban J connectivity index is 1.59. The van der Waals surface area contributed by atoms with Gasteiger partial charge < -0.3 is 10.3 Å². The predicted molar refractivity (Wildman–Crippen MR) is 111 cm³/mol. The topological polar surface area (TPSA) is 74.8 Å². The second-order valence-corrected chi connectivity index (χ2v) is 6.95. The number of aromatic nitrogens is 2. The van der Waals surface area contributed by atoms with E-state index in [0.29, 0.717) is 32.7 Å². The number of hydrogen-bond acceptors (Lipinski definition) is 3. The maximum absolute atomic E-state index is 12.4. The Morgan fingerprint density at radius 3 is 2.46 bits per heavy atom. The molecule has 0 aliphatic carbocycles. The Morgan fingerprint density at radius 1 is 0.964 bits per heavy atom. The minimum absolute atomic E-state index is 0.290. The lowest BCUT2D eigenvalue weighted by Gasteiger charge is -2.06. The van der Waals surface area contributed by atoms with Crippen molar-refractivity contribution in [3.63, 3.8) is 0 Å². The minimum atomic E-state index is -0.290. The molecule has 0 radical (unpaired) electrons. The molecular formula is C21H13Cl2N3O2. The summed E-state index contributed by atoms with van der Waals surface area (Å²) in [6.07, 6.45) is 0.797. The van der Waals surface area contributed by atoms with Gasteiger partial charge in [0.15, 0.2) is 0 Å². The molecular weight excluding hydrogens is 397 g/mol. The second kappa shape index (κ2) is 7.46. The first-order chi connectivity index (χ1) is 13.5. The van der Waals surface area contributed by atoms with E-state index in [2.05, 4.69) is 15.3 Å². The number of aromatic amines is 1. The van der Waals surface area contributed by atoms with Gasteiger partial charge in [-0.15, -0.1) is 0 Å². The number of carbonyl (C=O) groups is 2. The van der Waals surface area contributed by atoms with Crippen LogP contribution in [0.2, 0.25) is 10.0 Å². The number of benzene rings is 3. The quantitative estimate of drug-likeness (QED) is 0.430. The first-order valence-electron chi connectivity index (χ1n) is 8.35. The van der Waals surface area contributed by atoms with Crippen LogP contribution in [0.1, 0.15) is 20.7 Å². The van der Waals surface area contributed by atoms with Crippen LogP contribution in [0.15, 0.2) is 60.7 Å². The van der Waals surface area contributed by atoms with Crippen molar-refractivity contribution in [3.8, 4) is 11.4 Å². The van der Waals surface area contributed by atoms with Gasteiger partial charge in [0.25, 0.3) is 5.91 Å². The number of hydrogen-bond donors (Lipinski definition) is 2. The number of nitrogens with zero attached hydrogens (tertiary/aromatic N) is 1. The second-order valence-electron chi connectivity index (χ2n) is 6.14. The molecule has 0 spiro atoms. The minimum Gasteiger partial charge on any atom is -0.338 e. The van der Waals surface area contributed by atoms with Crippen LogP contribution in [0.5, 0.6) is 0 Å².